The summed E-state index contributed by atoms with van der Waals surface area (Å²) in [6.45, 7) is 2.07. The summed E-state index contributed by atoms with van der Waals surface area (Å²) < 4.78 is 1.54. The molecule has 3 heterocycles. The maximum absolute atomic E-state index is 12.5. The van der Waals surface area contributed by atoms with Gasteiger partial charge in [-0.2, -0.15) is 0 Å². The zero-order chi connectivity index (χ0) is 19.7. The smallest absolute Gasteiger partial charge is 0.258 e. The molecule has 9 heteroatoms. The topological polar surface area (TPSA) is 86.9 Å². The number of aromatic nitrogens is 2. The number of nitrogens with one attached hydrogen (secondary N) is 1. The number of thiazole rings is 1. The highest BCUT2D eigenvalue weighted by Gasteiger charge is 2.26. The van der Waals surface area contributed by atoms with Gasteiger partial charge in [0.15, 0.2) is 4.96 Å². The minimum absolute atomic E-state index is 0.00323. The Morgan fingerprint density at radius 3 is 2.89 bits per heavy atom. The number of halogens is 1. The molecule has 3 aromatic rings. The third kappa shape index (κ3) is 4.04. The first-order valence-corrected chi connectivity index (χ1v) is 10.2. The van der Waals surface area contributed by atoms with E-state index in [1.165, 1.54) is 27.9 Å². The van der Waals surface area contributed by atoms with Gasteiger partial charge in [0, 0.05) is 35.1 Å². The summed E-state index contributed by atoms with van der Waals surface area (Å²) >= 11 is 7.36. The molecule has 4 rings (SSSR count). The predicted octanol–water partition coefficient (Wildman–Crippen LogP) is 2.97. The van der Waals surface area contributed by atoms with Gasteiger partial charge in [-0.15, -0.1) is 11.3 Å². The van der Waals surface area contributed by atoms with Crippen molar-refractivity contribution in [2.75, 3.05) is 18.4 Å². The van der Waals surface area contributed by atoms with Crippen molar-refractivity contribution in [3.63, 3.8) is 0 Å². The van der Waals surface area contributed by atoms with Crippen molar-refractivity contribution in [1.29, 1.82) is 0 Å². The van der Waals surface area contributed by atoms with E-state index >= 15 is 0 Å². The fourth-order valence-corrected chi connectivity index (χ4v) is 4.31. The van der Waals surface area contributed by atoms with Crippen LogP contribution >= 0.6 is 22.9 Å². The fraction of sp³-hybridized carbons (Fsp3) is 0.316. The summed E-state index contributed by atoms with van der Waals surface area (Å²) in [5, 5.41) is 14.9. The number of piperidine rings is 1. The van der Waals surface area contributed by atoms with Crippen molar-refractivity contribution in [2.45, 2.75) is 19.4 Å². The highest BCUT2D eigenvalue weighted by molar-refractivity contribution is 7.15. The number of phenolic OH excluding ortho intramolecular Hbond substituents is 1. The van der Waals surface area contributed by atoms with Gasteiger partial charge >= 0.3 is 0 Å². The Kier molecular flexibility index (Phi) is 5.34. The molecular weight excluding hydrogens is 400 g/mol. The molecule has 7 nitrogen and oxygen atoms in total. The fourth-order valence-electron chi connectivity index (χ4n) is 3.39. The number of hydrogen-bond acceptors (Lipinski definition) is 6. The lowest BCUT2D eigenvalue weighted by Crippen LogP contribution is -2.38. The number of benzene rings is 1. The molecule has 146 valence electrons. The third-order valence-corrected chi connectivity index (χ3v) is 5.91. The van der Waals surface area contributed by atoms with Gasteiger partial charge in [0.2, 0.25) is 5.91 Å². The van der Waals surface area contributed by atoms with Crippen LogP contribution in [0.4, 0.5) is 5.69 Å². The minimum atomic E-state index is -0.131. The largest absolute Gasteiger partial charge is 0.506 e. The molecule has 0 spiro atoms. The second-order valence-electron chi connectivity index (χ2n) is 6.84. The lowest BCUT2D eigenvalue weighted by atomic mass is 9.95. The van der Waals surface area contributed by atoms with Crippen molar-refractivity contribution in [3.05, 3.63) is 56.9 Å². The lowest BCUT2D eigenvalue weighted by molar-refractivity contribution is -0.121. The Balaban J connectivity index is 1.35. The number of carbonyl (C=O) groups is 1. The summed E-state index contributed by atoms with van der Waals surface area (Å²) in [5.41, 5.74) is 1.00. The number of phenols is 1. The molecule has 2 N–H and O–H groups in total. The van der Waals surface area contributed by atoms with Crippen LogP contribution in [0.1, 0.15) is 18.5 Å². The van der Waals surface area contributed by atoms with Gasteiger partial charge in [0.05, 0.1) is 11.4 Å². The molecule has 0 unspecified atom stereocenters. The number of likely N-dealkylation sites (tertiary alicyclic amines) is 1. The van der Waals surface area contributed by atoms with E-state index in [0.717, 1.165) is 18.8 Å². The maximum Gasteiger partial charge on any atom is 0.258 e. The Bertz CT molecular complexity index is 1070. The van der Waals surface area contributed by atoms with E-state index in [2.05, 4.69) is 15.2 Å². The zero-order valence-corrected chi connectivity index (χ0v) is 16.5. The average Bonchev–Trinajstić information content (AvgIpc) is 3.14. The normalized spacial score (nSPS) is 15.8. The van der Waals surface area contributed by atoms with Crippen LogP contribution in [-0.2, 0) is 11.3 Å². The average molecular weight is 419 g/mol. The van der Waals surface area contributed by atoms with Crippen LogP contribution in [0.5, 0.6) is 5.75 Å². The Morgan fingerprint density at radius 1 is 1.32 bits per heavy atom. The number of hydrogen-bond donors (Lipinski definition) is 2. The van der Waals surface area contributed by atoms with Crippen LogP contribution in [0.15, 0.2) is 40.6 Å². The van der Waals surface area contributed by atoms with Crippen LogP contribution in [0, 0.1) is 5.92 Å². The van der Waals surface area contributed by atoms with Crippen LogP contribution in [-0.4, -0.2) is 38.4 Å². The van der Waals surface area contributed by atoms with Crippen LogP contribution in [0.25, 0.3) is 4.96 Å². The Hall–Kier alpha value is -2.42. The second-order valence-corrected chi connectivity index (χ2v) is 8.15. The van der Waals surface area contributed by atoms with Gasteiger partial charge in [0.25, 0.3) is 5.56 Å². The van der Waals surface area contributed by atoms with Crippen molar-refractivity contribution >= 4 is 39.5 Å². The number of fused-ring (bicyclic) bond motifs is 1. The van der Waals surface area contributed by atoms with E-state index in [4.69, 9.17) is 11.6 Å². The zero-order valence-electron chi connectivity index (χ0n) is 15.0. The summed E-state index contributed by atoms with van der Waals surface area (Å²) in [6, 6.07) is 6.13. The summed E-state index contributed by atoms with van der Waals surface area (Å²) in [7, 11) is 0. The number of anilines is 1. The van der Waals surface area contributed by atoms with Gasteiger partial charge in [-0.3, -0.25) is 18.9 Å². The maximum atomic E-state index is 12.5. The monoisotopic (exact) mass is 418 g/mol. The first-order chi connectivity index (χ1) is 13.5. The minimum Gasteiger partial charge on any atom is -0.506 e. The molecule has 1 aliphatic rings. The van der Waals surface area contributed by atoms with Crippen molar-refractivity contribution < 1.29 is 9.90 Å². The Labute approximate surface area is 170 Å². The quantitative estimate of drug-likeness (QED) is 0.636. The van der Waals surface area contributed by atoms with Crippen molar-refractivity contribution in [3.8, 4) is 5.75 Å². The lowest BCUT2D eigenvalue weighted by Gasteiger charge is -2.31. The summed E-state index contributed by atoms with van der Waals surface area (Å²) in [6.07, 6.45) is 3.13. The van der Waals surface area contributed by atoms with Gasteiger partial charge in [0.1, 0.15) is 5.75 Å². The first-order valence-electron chi connectivity index (χ1n) is 8.97. The number of rotatable bonds is 4. The summed E-state index contributed by atoms with van der Waals surface area (Å²) in [4.78, 5) is 32.0. The molecule has 1 aliphatic heterocycles. The standard InChI is InChI=1S/C19H19ClN4O3S/c20-13-1-2-16(25)15(9-13)22-18(27)12-3-5-23(6-4-12)11-14-10-17(26)24-7-8-28-19(24)21-14/h1-2,7-10,12,25H,3-6,11H2,(H,22,27). The van der Waals surface area contributed by atoms with E-state index < -0.39 is 0 Å². The van der Waals surface area contributed by atoms with E-state index in [1.54, 1.807) is 18.3 Å². The molecule has 1 fully saturated rings. The van der Waals surface area contributed by atoms with Crippen molar-refractivity contribution in [2.24, 2.45) is 5.92 Å². The number of carbonyl (C=O) groups excluding carboxylic acids is 1. The molecule has 0 atom stereocenters. The molecule has 2 aromatic heterocycles. The molecule has 1 aromatic carbocycles. The predicted molar refractivity (Wildman–Crippen MR) is 109 cm³/mol. The highest BCUT2D eigenvalue weighted by atomic mass is 35.5. The van der Waals surface area contributed by atoms with E-state index in [1.807, 2.05) is 5.38 Å². The molecule has 0 saturated carbocycles. The molecule has 0 bridgehead atoms. The number of amides is 1. The van der Waals surface area contributed by atoms with Gasteiger partial charge < -0.3 is 10.4 Å². The van der Waals surface area contributed by atoms with E-state index in [0.29, 0.717) is 35.1 Å². The first kappa shape index (κ1) is 18.9. The third-order valence-electron chi connectivity index (χ3n) is 4.92. The molecule has 1 amide bonds. The SMILES string of the molecule is O=C(Nc1cc(Cl)ccc1O)C1CCN(Cc2cc(=O)n3ccsc3n2)CC1. The van der Waals surface area contributed by atoms with Crippen LogP contribution in [0.3, 0.4) is 0 Å². The molecule has 0 aliphatic carbocycles. The van der Waals surface area contributed by atoms with Gasteiger partial charge in [-0.05, 0) is 44.1 Å². The molecule has 0 radical (unpaired) electrons. The molecule has 1 saturated heterocycles. The Morgan fingerprint density at radius 2 is 2.11 bits per heavy atom. The number of aromatic hydroxyl groups is 1. The van der Waals surface area contributed by atoms with Crippen LogP contribution < -0.4 is 10.9 Å². The second kappa shape index (κ2) is 7.90. The van der Waals surface area contributed by atoms with Crippen LogP contribution in [0.2, 0.25) is 5.02 Å². The van der Waals surface area contributed by atoms with E-state index in [-0.39, 0.29) is 23.1 Å². The van der Waals surface area contributed by atoms with Gasteiger partial charge in [-0.1, -0.05) is 11.6 Å². The molecule has 28 heavy (non-hydrogen) atoms. The van der Waals surface area contributed by atoms with Gasteiger partial charge in [-0.25, -0.2) is 4.98 Å². The highest BCUT2D eigenvalue weighted by Crippen LogP contribution is 2.28. The van der Waals surface area contributed by atoms with E-state index in [9.17, 15) is 14.7 Å². The number of nitrogens with zero attached hydrogens (tertiary/aromatic N) is 3. The summed E-state index contributed by atoms with van der Waals surface area (Å²) in [5.74, 6) is -0.252. The van der Waals surface area contributed by atoms with Crippen molar-refractivity contribution in [1.82, 2.24) is 14.3 Å². The molecular formula is C19H19ClN4O3S.